The lowest BCUT2D eigenvalue weighted by Crippen LogP contribution is -2.55. The summed E-state index contributed by atoms with van der Waals surface area (Å²) in [6, 6.07) is -0.186. The molecule has 4 aliphatic rings. The Bertz CT molecular complexity index is 2650. The second-order valence-electron chi connectivity index (χ2n) is 33.6. The third kappa shape index (κ3) is 43.2. The molecule has 3 amide bonds. The van der Waals surface area contributed by atoms with E-state index in [-0.39, 0.29) is 189 Å². The molecule has 4 rings (SSSR count). The first-order valence-corrected chi connectivity index (χ1v) is 45.8. The molecule has 32 nitrogen and oxygen atoms in total. The van der Waals surface area contributed by atoms with E-state index in [0.29, 0.717) is 135 Å². The molecule has 4 heterocycles. The average Bonchev–Trinajstić information content (AvgIpc) is 1.14. The van der Waals surface area contributed by atoms with Gasteiger partial charge in [-0.1, -0.05) is 79.1 Å². The third-order valence-electron chi connectivity index (χ3n) is 22.4. The summed E-state index contributed by atoms with van der Waals surface area (Å²) in [5.74, 6) is -1.61. The van der Waals surface area contributed by atoms with Crippen LogP contribution in [0.1, 0.15) is 266 Å². The van der Waals surface area contributed by atoms with E-state index in [4.69, 9.17) is 51.7 Å². The Kier molecular flexibility index (Phi) is 54.8. The first kappa shape index (κ1) is 107. The summed E-state index contributed by atoms with van der Waals surface area (Å²) in [6.07, 6.45) is 5.56. The summed E-state index contributed by atoms with van der Waals surface area (Å²) in [5, 5.41) is 95.6. The number of carbonyl (C=O) groups excluding carboxylic acids is 8. The highest BCUT2D eigenvalue weighted by Crippen LogP contribution is 2.48. The summed E-state index contributed by atoms with van der Waals surface area (Å²) in [6.45, 7) is 14.9. The number of hydrogen-bond donors (Lipinski definition) is 11. The molecule has 0 bridgehead atoms. The van der Waals surface area contributed by atoms with Crippen LogP contribution >= 0.6 is 7.60 Å². The van der Waals surface area contributed by atoms with E-state index in [1.54, 1.807) is 34.6 Å². The van der Waals surface area contributed by atoms with Crippen molar-refractivity contribution in [2.45, 2.75) is 352 Å². The molecule has 0 aliphatic carbocycles. The number of carbonyl (C=O) groups is 8. The van der Waals surface area contributed by atoms with Crippen LogP contribution in [0.2, 0.25) is 0 Å². The first-order valence-electron chi connectivity index (χ1n) is 44.1. The second-order valence-corrected chi connectivity index (χ2v) is 35.3. The summed E-state index contributed by atoms with van der Waals surface area (Å²) < 4.78 is 76.6. The highest BCUT2D eigenvalue weighted by Gasteiger charge is 2.45. The van der Waals surface area contributed by atoms with Crippen LogP contribution in [0.25, 0.3) is 0 Å². The lowest BCUT2D eigenvalue weighted by molar-refractivity contribution is -0.282. The van der Waals surface area contributed by atoms with Crippen molar-refractivity contribution in [1.29, 1.82) is 0 Å². The number of amides is 3. The van der Waals surface area contributed by atoms with Gasteiger partial charge in [-0.05, 0) is 110 Å². The maximum absolute atomic E-state index is 14.2. The normalized spacial score (nSPS) is 26.4. The SMILES string of the molecule is [CH2-]P(=O)(OC[C@@H]1C[C@@H](C)CN1C(=O)CCCCCCCCCCC(=O)CC(COCCC(=O)CCCCCC(=O)CCCCOC1OC(CO)C(O)C(O)C1C)(COCCC(=O)CCCCCC(=O)CCCCOC1OC(CO)C(O)C(O)C1C)COCCC(=O)NCCCNC(=O)CCCCOC1OC(CO)C(O)C(O)C1C)OC(C)C. The topological polar surface area (TPSA) is 465 Å². The minimum Gasteiger partial charge on any atom is -0.394 e. The molecule has 11 N–H and O–H groups in total. The van der Waals surface area contributed by atoms with Crippen molar-refractivity contribution >= 4 is 54.2 Å². The van der Waals surface area contributed by atoms with Crippen molar-refractivity contribution in [1.82, 2.24) is 15.5 Å². The molecule has 16 unspecified atom stereocenters. The van der Waals surface area contributed by atoms with E-state index in [0.717, 1.165) is 51.4 Å². The van der Waals surface area contributed by atoms with Gasteiger partial charge in [0.05, 0.1) is 96.5 Å². The molecule has 0 radical (unpaired) electrons. The molecule has 118 heavy (non-hydrogen) atoms. The van der Waals surface area contributed by atoms with Gasteiger partial charge in [0.25, 0.3) is 0 Å². The van der Waals surface area contributed by atoms with Gasteiger partial charge in [0.1, 0.15) is 65.5 Å². The fourth-order valence-electron chi connectivity index (χ4n) is 15.1. The Labute approximate surface area is 700 Å². The second kappa shape index (κ2) is 60.7. The van der Waals surface area contributed by atoms with Gasteiger partial charge in [-0.3, -0.25) is 42.9 Å². The zero-order chi connectivity index (χ0) is 86.8. The van der Waals surface area contributed by atoms with Crippen LogP contribution in [-0.4, -0.2) is 289 Å². The van der Waals surface area contributed by atoms with Gasteiger partial charge in [-0.25, -0.2) is 6.66 Å². The van der Waals surface area contributed by atoms with Crippen LogP contribution in [0.3, 0.4) is 0 Å². The summed E-state index contributed by atoms with van der Waals surface area (Å²) in [5.41, 5.74) is -1.09. The van der Waals surface area contributed by atoms with Crippen molar-refractivity contribution in [3.63, 3.8) is 0 Å². The quantitative estimate of drug-likeness (QED) is 0.0161. The zero-order valence-corrected chi connectivity index (χ0v) is 72.6. The van der Waals surface area contributed by atoms with E-state index in [1.807, 2.05) is 4.90 Å². The van der Waals surface area contributed by atoms with Crippen molar-refractivity contribution in [2.24, 2.45) is 29.1 Å². The first-order chi connectivity index (χ1) is 56.4. The van der Waals surface area contributed by atoms with Crippen LogP contribution in [-0.2, 0) is 94.6 Å². The predicted molar refractivity (Wildman–Crippen MR) is 436 cm³/mol. The van der Waals surface area contributed by atoms with Gasteiger partial charge in [-0.15, -0.1) is 0 Å². The Hall–Kier alpha value is -3.81. The van der Waals surface area contributed by atoms with Crippen molar-refractivity contribution in [3.05, 3.63) is 6.66 Å². The van der Waals surface area contributed by atoms with Gasteiger partial charge < -0.3 is 113 Å². The number of aliphatic hydroxyl groups is 9. The van der Waals surface area contributed by atoms with Gasteiger partial charge >= 0.3 is 0 Å². The molecular formula is C85H151N3O29P-. The molecule has 0 aromatic rings. The number of hydrogen-bond acceptors (Lipinski definition) is 29. The number of nitrogens with zero attached hydrogens (tertiary/aromatic N) is 1. The van der Waals surface area contributed by atoms with E-state index < -0.39 is 124 Å². The Balaban J connectivity index is 1.29. The Morgan fingerprint density at radius 2 is 0.763 bits per heavy atom. The zero-order valence-electron chi connectivity index (χ0n) is 71.7. The lowest BCUT2D eigenvalue weighted by atomic mass is 9.83. The number of aliphatic hydroxyl groups excluding tert-OH is 9. The van der Waals surface area contributed by atoms with Crippen molar-refractivity contribution in [2.75, 3.05) is 106 Å². The van der Waals surface area contributed by atoms with Crippen LogP contribution < -0.4 is 10.6 Å². The Morgan fingerprint density at radius 3 is 1.15 bits per heavy atom. The molecule has 0 saturated carbocycles. The molecule has 0 spiro atoms. The van der Waals surface area contributed by atoms with Crippen LogP contribution in [0.5, 0.6) is 0 Å². The Morgan fingerprint density at radius 1 is 0.432 bits per heavy atom. The molecule has 0 aromatic heterocycles. The minimum absolute atomic E-state index is 0.0164. The van der Waals surface area contributed by atoms with E-state index in [1.165, 1.54) is 0 Å². The monoisotopic (exact) mass is 1710 g/mol. The highest BCUT2D eigenvalue weighted by atomic mass is 31.2. The van der Waals surface area contributed by atoms with Crippen molar-refractivity contribution in [3.8, 4) is 0 Å². The number of ether oxygens (including phenoxy) is 9. The number of unbranched alkanes of at least 4 members (excludes halogenated alkanes) is 14. The fraction of sp³-hybridized carbons (Fsp3) is 0.894. The maximum Gasteiger partial charge on any atom is 0.222 e. The van der Waals surface area contributed by atoms with Gasteiger partial charge in [0.2, 0.25) is 17.7 Å². The largest absolute Gasteiger partial charge is 0.394 e. The molecule has 18 atom stereocenters. The molecule has 686 valence electrons. The predicted octanol–water partition coefficient (Wildman–Crippen LogP) is 7.30. The van der Waals surface area contributed by atoms with Crippen molar-refractivity contribution < 1.29 is 141 Å². The van der Waals surface area contributed by atoms with Crippen LogP contribution in [0.15, 0.2) is 0 Å². The van der Waals surface area contributed by atoms with Crippen LogP contribution in [0.4, 0.5) is 0 Å². The van der Waals surface area contributed by atoms with E-state index >= 15 is 0 Å². The molecule has 4 saturated heterocycles. The van der Waals surface area contributed by atoms with Gasteiger partial charge in [0, 0.05) is 146 Å². The number of rotatable bonds is 70. The molecule has 4 aliphatic heterocycles. The third-order valence-corrected chi connectivity index (χ3v) is 23.7. The lowest BCUT2D eigenvalue weighted by Gasteiger charge is -2.40. The number of nitrogens with one attached hydrogen (secondary N) is 2. The molecule has 4 fully saturated rings. The number of ketones is 5. The van der Waals surface area contributed by atoms with Gasteiger partial charge in [0.15, 0.2) is 26.5 Å². The van der Waals surface area contributed by atoms with E-state index in [2.05, 4.69) is 24.2 Å². The highest BCUT2D eigenvalue weighted by molar-refractivity contribution is 7.55. The summed E-state index contributed by atoms with van der Waals surface area (Å²) in [4.78, 5) is 107. The standard InChI is InChI=1S/C85H151N3O29P/c1-59(2)117-118(7,106)113-55-64-49-60(3)51-88(64)75(99)37-21-13-11-9-8-10-12-16-35-69(96)50-85(56-107-46-38-67(94)31-19-14-17-29-65(92)33-22-25-43-110-82-61(4)76(100)79(103)70(52-89)114-82,57-108-47-39-68(95)32-20-15-18-30-66(93)34-23-26-44-111-83-62(5)77(101)80(104)71(53-90)115-83)58-109-48-40-74(98)87-42-28-41-86-73(97)36-24-27-45-112-84-63(6)78(102)81(105)72(54-91)116-84/h59-64,70-72,76-84,89-91,100-105H,7-58H2,1-6H3,(H,86,97)(H,87,98)/q-1/t60-,61?,62?,63?,64+,70?,71?,72?,76?,77?,78?,79?,80?,81?,82?,83?,84?,85?,118?/m1/s1. The summed E-state index contributed by atoms with van der Waals surface area (Å²) >= 11 is 0. The molecular weight excluding hydrogens is 1560 g/mol. The van der Waals surface area contributed by atoms with E-state index in [9.17, 15) is 88.9 Å². The smallest absolute Gasteiger partial charge is 0.222 e. The average molecular weight is 1710 g/mol. The molecule has 33 heteroatoms. The van der Waals surface area contributed by atoms with Crippen LogP contribution in [0, 0.1) is 35.8 Å². The summed E-state index contributed by atoms with van der Waals surface area (Å²) in [7, 11) is -3.50. The number of likely N-dealkylation sites (tertiary alicyclic amines) is 1. The maximum atomic E-state index is 14.2. The fourth-order valence-corrected chi connectivity index (χ4v) is 16.2. The van der Waals surface area contributed by atoms with Gasteiger partial charge in [-0.2, -0.15) is 0 Å². The minimum atomic E-state index is -3.50. The number of Topliss-reactive ketones (excluding diaryl/α,β-unsaturated/α-hetero) is 5. The molecule has 0 aromatic carbocycles.